The molecule has 0 unspecified atom stereocenters. The van der Waals surface area contributed by atoms with Crippen LogP contribution in [0.25, 0.3) is 0 Å². The molecule has 1 saturated heterocycles. The molecule has 1 fully saturated rings. The third kappa shape index (κ3) is 2.14. The summed E-state index contributed by atoms with van der Waals surface area (Å²) in [4.78, 5) is 11.4. The molecule has 14 heavy (non-hydrogen) atoms. The first-order valence-corrected chi connectivity index (χ1v) is 4.95. The van der Waals surface area contributed by atoms with Gasteiger partial charge in [-0.25, -0.2) is 0 Å². The quantitative estimate of drug-likeness (QED) is 0.507. The molecule has 78 valence electrons. The zero-order chi connectivity index (χ0) is 10.6. The van der Waals surface area contributed by atoms with Crippen molar-refractivity contribution in [1.82, 2.24) is 0 Å². The second-order valence-corrected chi connectivity index (χ2v) is 3.27. The van der Waals surface area contributed by atoms with Crippen molar-refractivity contribution in [3.8, 4) is 11.8 Å². The highest BCUT2D eigenvalue weighted by Gasteiger charge is 2.40. The van der Waals surface area contributed by atoms with Crippen LogP contribution in [0.2, 0.25) is 0 Å². The van der Waals surface area contributed by atoms with Crippen LogP contribution in [0.5, 0.6) is 0 Å². The van der Waals surface area contributed by atoms with Gasteiger partial charge >= 0.3 is 0 Å². The molecule has 0 saturated carbocycles. The molecule has 3 nitrogen and oxygen atoms in total. The van der Waals surface area contributed by atoms with E-state index in [9.17, 15) is 4.79 Å². The van der Waals surface area contributed by atoms with Crippen LogP contribution in [-0.2, 0) is 14.3 Å². The minimum atomic E-state index is -0.560. The number of hydrogen-bond donors (Lipinski definition) is 0. The first-order valence-electron chi connectivity index (χ1n) is 4.95. The second-order valence-electron chi connectivity index (χ2n) is 3.27. The molecule has 0 spiro atoms. The predicted molar refractivity (Wildman–Crippen MR) is 52.6 cm³/mol. The molecule has 0 bridgehead atoms. The van der Waals surface area contributed by atoms with E-state index in [0.29, 0.717) is 6.61 Å². The summed E-state index contributed by atoms with van der Waals surface area (Å²) in [6, 6.07) is 0. The van der Waals surface area contributed by atoms with Crippen molar-refractivity contribution in [1.29, 1.82) is 0 Å². The van der Waals surface area contributed by atoms with Crippen molar-refractivity contribution in [2.24, 2.45) is 0 Å². The monoisotopic (exact) mass is 196 g/mol. The number of ketones is 1. The molecular weight excluding hydrogens is 180 g/mol. The van der Waals surface area contributed by atoms with Gasteiger partial charge in [-0.15, -0.1) is 0 Å². The average Bonchev–Trinajstić information content (AvgIpc) is 2.63. The summed E-state index contributed by atoms with van der Waals surface area (Å²) < 4.78 is 11.1. The number of ether oxygens (including phenoxy) is 2. The van der Waals surface area contributed by atoms with Crippen molar-refractivity contribution >= 4 is 5.78 Å². The normalized spacial score (nSPS) is 24.1. The van der Waals surface area contributed by atoms with Gasteiger partial charge in [0.1, 0.15) is 0 Å². The molecular formula is C11H16O3. The lowest BCUT2D eigenvalue weighted by Crippen LogP contribution is -2.30. The summed E-state index contributed by atoms with van der Waals surface area (Å²) >= 11 is 0. The summed E-state index contributed by atoms with van der Waals surface area (Å²) in [5.41, 5.74) is 0. The Morgan fingerprint density at radius 1 is 1.50 bits per heavy atom. The zero-order valence-electron chi connectivity index (χ0n) is 8.92. The standard InChI is InChI=1S/C11H16O3/c1-4-7-9(12)10-8-13-11(5-2,6-3)14-10/h10H,5-6,8H2,1-3H3/t10-/m1/s1. The van der Waals surface area contributed by atoms with Crippen LogP contribution in [0.1, 0.15) is 33.6 Å². The van der Waals surface area contributed by atoms with Crippen molar-refractivity contribution in [2.75, 3.05) is 6.61 Å². The highest BCUT2D eigenvalue weighted by molar-refractivity contribution is 5.99. The van der Waals surface area contributed by atoms with E-state index in [1.807, 2.05) is 13.8 Å². The first-order chi connectivity index (χ1) is 6.67. The van der Waals surface area contributed by atoms with E-state index in [4.69, 9.17) is 9.47 Å². The fourth-order valence-electron chi connectivity index (χ4n) is 1.51. The van der Waals surface area contributed by atoms with Gasteiger partial charge in [0.2, 0.25) is 5.78 Å². The maximum atomic E-state index is 11.4. The lowest BCUT2D eigenvalue weighted by Gasteiger charge is -2.24. The predicted octanol–water partition coefficient (Wildman–Crippen LogP) is 1.51. The number of hydrogen-bond acceptors (Lipinski definition) is 3. The lowest BCUT2D eigenvalue weighted by molar-refractivity contribution is -0.174. The van der Waals surface area contributed by atoms with Crippen molar-refractivity contribution in [3.63, 3.8) is 0 Å². The SMILES string of the molecule is CC#CC(=O)[C@H]1COC(CC)(CC)O1. The molecule has 3 heteroatoms. The molecule has 0 aliphatic carbocycles. The van der Waals surface area contributed by atoms with E-state index >= 15 is 0 Å². The maximum absolute atomic E-state index is 11.4. The Morgan fingerprint density at radius 2 is 2.14 bits per heavy atom. The fraction of sp³-hybridized carbons (Fsp3) is 0.727. The maximum Gasteiger partial charge on any atom is 0.236 e. The Balaban J connectivity index is 2.63. The Bertz CT molecular complexity index is 268. The molecule has 1 atom stereocenters. The summed E-state index contributed by atoms with van der Waals surface area (Å²) in [6.07, 6.45) is 1.02. The third-order valence-electron chi connectivity index (χ3n) is 2.47. The first kappa shape index (κ1) is 11.2. The molecule has 1 aliphatic rings. The van der Waals surface area contributed by atoms with Crippen molar-refractivity contribution < 1.29 is 14.3 Å². The summed E-state index contributed by atoms with van der Waals surface area (Å²) in [5.74, 6) is 4.31. The van der Waals surface area contributed by atoms with Gasteiger partial charge in [0.05, 0.1) is 6.61 Å². The highest BCUT2D eigenvalue weighted by atomic mass is 16.7. The van der Waals surface area contributed by atoms with E-state index in [0.717, 1.165) is 12.8 Å². The van der Waals surface area contributed by atoms with Crippen LogP contribution in [0, 0.1) is 11.8 Å². The second kappa shape index (κ2) is 4.59. The molecule has 0 radical (unpaired) electrons. The van der Waals surface area contributed by atoms with E-state index in [1.54, 1.807) is 6.92 Å². The van der Waals surface area contributed by atoms with Crippen molar-refractivity contribution in [3.05, 3.63) is 0 Å². The Hall–Kier alpha value is -0.850. The molecule has 0 aromatic carbocycles. The van der Waals surface area contributed by atoms with Gasteiger partial charge in [-0.2, -0.15) is 0 Å². The van der Waals surface area contributed by atoms with Gasteiger partial charge in [-0.1, -0.05) is 19.8 Å². The summed E-state index contributed by atoms with van der Waals surface area (Å²) in [7, 11) is 0. The van der Waals surface area contributed by atoms with Gasteiger partial charge in [0.15, 0.2) is 11.9 Å². The smallest absolute Gasteiger partial charge is 0.236 e. The average molecular weight is 196 g/mol. The van der Waals surface area contributed by atoms with Crippen LogP contribution >= 0.6 is 0 Å². The largest absolute Gasteiger partial charge is 0.347 e. The minimum absolute atomic E-state index is 0.184. The molecule has 0 aromatic rings. The summed E-state index contributed by atoms with van der Waals surface area (Å²) in [6.45, 7) is 5.94. The molecule has 0 amide bonds. The van der Waals surface area contributed by atoms with Gasteiger partial charge in [0, 0.05) is 0 Å². The minimum Gasteiger partial charge on any atom is -0.347 e. The van der Waals surface area contributed by atoms with Gasteiger partial charge in [-0.3, -0.25) is 4.79 Å². The molecule has 1 rings (SSSR count). The molecule has 0 aromatic heterocycles. The Morgan fingerprint density at radius 3 is 2.57 bits per heavy atom. The molecule has 1 heterocycles. The lowest BCUT2D eigenvalue weighted by atomic mass is 10.1. The Kier molecular flexibility index (Phi) is 3.68. The van der Waals surface area contributed by atoms with E-state index in [2.05, 4.69) is 11.8 Å². The number of Topliss-reactive ketones (excluding diaryl/α,β-unsaturated/α-hetero) is 1. The zero-order valence-corrected chi connectivity index (χ0v) is 8.92. The van der Waals surface area contributed by atoms with E-state index in [1.165, 1.54) is 0 Å². The number of carbonyl (C=O) groups excluding carboxylic acids is 1. The topological polar surface area (TPSA) is 35.5 Å². The van der Waals surface area contributed by atoms with Crippen LogP contribution in [0.4, 0.5) is 0 Å². The summed E-state index contributed by atoms with van der Waals surface area (Å²) in [5, 5.41) is 0. The number of carbonyl (C=O) groups is 1. The Labute approximate surface area is 84.8 Å². The van der Waals surface area contributed by atoms with Gasteiger partial charge < -0.3 is 9.47 Å². The van der Waals surface area contributed by atoms with Crippen molar-refractivity contribution in [2.45, 2.75) is 45.5 Å². The van der Waals surface area contributed by atoms with Crippen LogP contribution in [-0.4, -0.2) is 24.3 Å². The van der Waals surface area contributed by atoms with E-state index < -0.39 is 11.9 Å². The van der Waals surface area contributed by atoms with Gasteiger partial charge in [0.25, 0.3) is 0 Å². The van der Waals surface area contributed by atoms with Crippen LogP contribution in [0.15, 0.2) is 0 Å². The van der Waals surface area contributed by atoms with Crippen LogP contribution < -0.4 is 0 Å². The third-order valence-corrected chi connectivity index (χ3v) is 2.47. The van der Waals surface area contributed by atoms with Crippen LogP contribution in [0.3, 0.4) is 0 Å². The number of rotatable bonds is 3. The van der Waals surface area contributed by atoms with E-state index in [-0.39, 0.29) is 5.78 Å². The molecule has 1 aliphatic heterocycles. The van der Waals surface area contributed by atoms with Gasteiger partial charge in [-0.05, 0) is 25.7 Å². The fourth-order valence-corrected chi connectivity index (χ4v) is 1.51. The molecule has 0 N–H and O–H groups in total. The highest BCUT2D eigenvalue weighted by Crippen LogP contribution is 2.30.